The molecule has 0 spiro atoms. The number of sulfonamides is 1. The predicted octanol–water partition coefficient (Wildman–Crippen LogP) is 2.32. The molecule has 1 heterocycles. The van der Waals surface area contributed by atoms with Crippen molar-refractivity contribution in [3.8, 4) is 0 Å². The zero-order chi connectivity index (χ0) is 20.3. The Bertz CT molecular complexity index is 1000. The van der Waals surface area contributed by atoms with Crippen molar-refractivity contribution in [3.05, 3.63) is 69.2 Å². The van der Waals surface area contributed by atoms with E-state index in [9.17, 15) is 23.3 Å². The van der Waals surface area contributed by atoms with Crippen molar-refractivity contribution < 1.29 is 18.1 Å². The molecule has 0 aromatic heterocycles. The zero-order valence-electron chi connectivity index (χ0n) is 14.8. The normalized spacial score (nSPS) is 15.4. The van der Waals surface area contributed by atoms with Gasteiger partial charge in [-0.2, -0.15) is 4.31 Å². The van der Waals surface area contributed by atoms with Gasteiger partial charge in [-0.15, -0.1) is 0 Å². The Kier molecular flexibility index (Phi) is 5.97. The Morgan fingerprint density at radius 1 is 1.07 bits per heavy atom. The fraction of sp³-hybridized carbons (Fsp3) is 0.278. The molecule has 8 nitrogen and oxygen atoms in total. The van der Waals surface area contributed by atoms with Gasteiger partial charge in [0.25, 0.3) is 5.69 Å². The molecule has 0 atom stereocenters. The van der Waals surface area contributed by atoms with E-state index in [4.69, 9.17) is 11.6 Å². The summed E-state index contributed by atoms with van der Waals surface area (Å²) in [6.07, 6.45) is 0.193. The molecule has 0 radical (unpaired) electrons. The number of nitro benzene ring substituents is 1. The monoisotopic (exact) mass is 423 g/mol. The molecule has 148 valence electrons. The number of nitrogens with zero attached hydrogens (tertiary/aromatic N) is 3. The molecule has 0 N–H and O–H groups in total. The molecular weight excluding hydrogens is 406 g/mol. The molecule has 0 bridgehead atoms. The highest BCUT2D eigenvalue weighted by Crippen LogP contribution is 2.22. The second kappa shape index (κ2) is 8.26. The fourth-order valence-corrected chi connectivity index (χ4v) is 4.69. The largest absolute Gasteiger partial charge is 0.340 e. The minimum Gasteiger partial charge on any atom is -0.340 e. The van der Waals surface area contributed by atoms with Crippen LogP contribution in [0.25, 0.3) is 0 Å². The molecule has 1 amide bonds. The summed E-state index contributed by atoms with van der Waals surface area (Å²) in [4.78, 5) is 24.2. The SMILES string of the molecule is O=C(Cc1cccc(Cl)c1)N1CCN(S(=O)(=O)c2cccc([N+](=O)[O-])c2)CC1. The average molecular weight is 424 g/mol. The van der Waals surface area contributed by atoms with Gasteiger partial charge in [0.15, 0.2) is 0 Å². The first-order valence-electron chi connectivity index (χ1n) is 8.54. The lowest BCUT2D eigenvalue weighted by atomic mass is 10.1. The molecule has 1 saturated heterocycles. The van der Waals surface area contributed by atoms with Crippen molar-refractivity contribution in [1.29, 1.82) is 0 Å². The first-order chi connectivity index (χ1) is 13.3. The Balaban J connectivity index is 1.65. The summed E-state index contributed by atoms with van der Waals surface area (Å²) in [5, 5.41) is 11.4. The Morgan fingerprint density at radius 3 is 2.39 bits per heavy atom. The number of non-ortho nitro benzene ring substituents is 1. The number of hydrogen-bond acceptors (Lipinski definition) is 5. The summed E-state index contributed by atoms with van der Waals surface area (Å²) in [5.74, 6) is -0.102. The van der Waals surface area contributed by atoms with Crippen LogP contribution in [0.1, 0.15) is 5.56 Å². The van der Waals surface area contributed by atoms with E-state index in [0.29, 0.717) is 5.02 Å². The lowest BCUT2D eigenvalue weighted by Crippen LogP contribution is -2.50. The molecule has 28 heavy (non-hydrogen) atoms. The number of halogens is 1. The van der Waals surface area contributed by atoms with Crippen molar-refractivity contribution in [2.75, 3.05) is 26.2 Å². The third-order valence-corrected chi connectivity index (χ3v) is 6.63. The number of nitro groups is 1. The Hall–Kier alpha value is -2.49. The molecular formula is C18H18ClN3O5S. The van der Waals surface area contributed by atoms with Crippen LogP contribution in [0.3, 0.4) is 0 Å². The molecule has 0 aliphatic carbocycles. The van der Waals surface area contributed by atoms with Crippen molar-refractivity contribution in [2.45, 2.75) is 11.3 Å². The highest BCUT2D eigenvalue weighted by molar-refractivity contribution is 7.89. The molecule has 1 aliphatic heterocycles. The molecule has 0 unspecified atom stereocenters. The molecule has 2 aromatic rings. The van der Waals surface area contributed by atoms with Gasteiger partial charge in [0.1, 0.15) is 0 Å². The maximum absolute atomic E-state index is 12.8. The molecule has 3 rings (SSSR count). The molecule has 0 saturated carbocycles. The number of rotatable bonds is 5. The van der Waals surface area contributed by atoms with E-state index in [0.717, 1.165) is 11.6 Å². The van der Waals surface area contributed by atoms with E-state index >= 15 is 0 Å². The first-order valence-corrected chi connectivity index (χ1v) is 10.4. The summed E-state index contributed by atoms with van der Waals surface area (Å²) in [6.45, 7) is 0.778. The van der Waals surface area contributed by atoms with E-state index in [-0.39, 0.29) is 49.1 Å². The average Bonchev–Trinajstić information content (AvgIpc) is 2.68. The van der Waals surface area contributed by atoms with Gasteiger partial charge >= 0.3 is 0 Å². The summed E-state index contributed by atoms with van der Waals surface area (Å²) < 4.78 is 26.7. The Morgan fingerprint density at radius 2 is 1.75 bits per heavy atom. The highest BCUT2D eigenvalue weighted by atomic mass is 35.5. The van der Waals surface area contributed by atoms with Crippen LogP contribution in [0.2, 0.25) is 5.02 Å². The molecule has 1 fully saturated rings. The second-order valence-corrected chi connectivity index (χ2v) is 8.72. The van der Waals surface area contributed by atoms with Gasteiger partial charge < -0.3 is 4.90 Å². The smallest absolute Gasteiger partial charge is 0.270 e. The molecule has 2 aromatic carbocycles. The Labute approximate surface area is 167 Å². The zero-order valence-corrected chi connectivity index (χ0v) is 16.4. The number of carbonyl (C=O) groups excluding carboxylic acids is 1. The van der Waals surface area contributed by atoms with E-state index in [1.54, 1.807) is 23.1 Å². The van der Waals surface area contributed by atoms with E-state index < -0.39 is 14.9 Å². The highest BCUT2D eigenvalue weighted by Gasteiger charge is 2.30. The van der Waals surface area contributed by atoms with Crippen LogP contribution in [0.4, 0.5) is 5.69 Å². The quantitative estimate of drug-likeness (QED) is 0.542. The minimum atomic E-state index is -3.86. The van der Waals surface area contributed by atoms with Crippen molar-refractivity contribution >= 4 is 33.2 Å². The van der Waals surface area contributed by atoms with Gasteiger partial charge in [-0.05, 0) is 23.8 Å². The van der Waals surface area contributed by atoms with Gasteiger partial charge in [-0.25, -0.2) is 8.42 Å². The third-order valence-electron chi connectivity index (χ3n) is 4.50. The van der Waals surface area contributed by atoms with Gasteiger partial charge in [-0.1, -0.05) is 29.8 Å². The fourth-order valence-electron chi connectivity index (χ4n) is 3.02. The minimum absolute atomic E-state index is 0.102. The van der Waals surface area contributed by atoms with Gasteiger partial charge in [0.05, 0.1) is 16.2 Å². The number of benzene rings is 2. The van der Waals surface area contributed by atoms with Crippen LogP contribution < -0.4 is 0 Å². The first kappa shape index (κ1) is 20.2. The van der Waals surface area contributed by atoms with Crippen LogP contribution in [-0.4, -0.2) is 54.6 Å². The lowest BCUT2D eigenvalue weighted by molar-refractivity contribution is -0.385. The number of carbonyl (C=O) groups is 1. The van der Waals surface area contributed by atoms with Crippen LogP contribution in [0.5, 0.6) is 0 Å². The summed E-state index contributed by atoms with van der Waals surface area (Å²) >= 11 is 5.93. The maximum Gasteiger partial charge on any atom is 0.270 e. The summed E-state index contributed by atoms with van der Waals surface area (Å²) in [6, 6.07) is 12.0. The van der Waals surface area contributed by atoms with Gasteiger partial charge in [0.2, 0.25) is 15.9 Å². The van der Waals surface area contributed by atoms with Crippen LogP contribution in [0.15, 0.2) is 53.4 Å². The predicted molar refractivity (Wildman–Crippen MR) is 104 cm³/mol. The van der Waals surface area contributed by atoms with E-state index in [2.05, 4.69) is 0 Å². The van der Waals surface area contributed by atoms with Crippen LogP contribution in [-0.2, 0) is 21.2 Å². The maximum atomic E-state index is 12.8. The topological polar surface area (TPSA) is 101 Å². The van der Waals surface area contributed by atoms with Crippen molar-refractivity contribution in [2.24, 2.45) is 0 Å². The number of hydrogen-bond donors (Lipinski definition) is 0. The number of piperazine rings is 1. The standard InChI is InChI=1S/C18H18ClN3O5S/c19-15-4-1-3-14(11-15)12-18(23)20-7-9-21(10-8-20)28(26,27)17-6-2-5-16(13-17)22(24)25/h1-6,11,13H,7-10,12H2. The number of amides is 1. The molecule has 10 heteroatoms. The van der Waals surface area contributed by atoms with Gasteiger partial charge in [-0.3, -0.25) is 14.9 Å². The lowest BCUT2D eigenvalue weighted by Gasteiger charge is -2.34. The summed E-state index contributed by atoms with van der Waals surface area (Å²) in [5.41, 5.74) is 0.514. The second-order valence-electron chi connectivity index (χ2n) is 6.35. The third kappa shape index (κ3) is 4.49. The van der Waals surface area contributed by atoms with Crippen molar-refractivity contribution in [3.63, 3.8) is 0 Å². The summed E-state index contributed by atoms with van der Waals surface area (Å²) in [7, 11) is -3.86. The van der Waals surface area contributed by atoms with Crippen molar-refractivity contribution in [1.82, 2.24) is 9.21 Å². The van der Waals surface area contributed by atoms with Crippen LogP contribution >= 0.6 is 11.6 Å². The van der Waals surface area contributed by atoms with Gasteiger partial charge in [0, 0.05) is 43.3 Å². The molecule has 1 aliphatic rings. The van der Waals surface area contributed by atoms with E-state index in [1.165, 1.54) is 22.5 Å². The van der Waals surface area contributed by atoms with Crippen LogP contribution in [0, 0.1) is 10.1 Å². The van der Waals surface area contributed by atoms with E-state index in [1.807, 2.05) is 6.07 Å².